The Hall–Kier alpha value is -3.41. The molecule has 0 saturated carbocycles. The molecule has 2 aliphatic heterocycles. The third-order valence-electron chi connectivity index (χ3n) is 6.30. The molecule has 0 radical (unpaired) electrons. The second-order valence-electron chi connectivity index (χ2n) is 8.43. The fraction of sp³-hybridized carbons (Fsp3) is 0.250. The molecule has 1 atom stereocenters. The number of anilines is 1. The highest BCUT2D eigenvalue weighted by atomic mass is 19.1. The number of halogens is 1. The standard InChI is InChI=1S/C24H22FN5/c1-16-8-9-28(12-16)21-6-7-22-19(10-21)14-29-13-18(17-2-4-20(25)5-3-17)11-23(29)24-27-26-15-30(22)24/h2-7,10-11,13,15-16H,8-9,12,14H2,1H3/t16-/m1/s1. The number of fused-ring (bicyclic) bond motifs is 5. The van der Waals surface area contributed by atoms with E-state index in [1.54, 1.807) is 6.33 Å². The zero-order valence-electron chi connectivity index (χ0n) is 16.8. The van der Waals surface area contributed by atoms with E-state index in [1.807, 2.05) is 12.1 Å². The lowest BCUT2D eigenvalue weighted by atomic mass is 10.1. The molecule has 6 heteroatoms. The number of aromatic nitrogens is 4. The minimum Gasteiger partial charge on any atom is -0.371 e. The van der Waals surface area contributed by atoms with E-state index in [1.165, 1.54) is 29.8 Å². The fourth-order valence-corrected chi connectivity index (χ4v) is 4.70. The molecule has 4 heterocycles. The molecule has 0 amide bonds. The minimum atomic E-state index is -0.225. The van der Waals surface area contributed by atoms with E-state index in [-0.39, 0.29) is 5.82 Å². The Morgan fingerprint density at radius 1 is 1.03 bits per heavy atom. The summed E-state index contributed by atoms with van der Waals surface area (Å²) in [5, 5.41) is 8.60. The van der Waals surface area contributed by atoms with Gasteiger partial charge in [-0.1, -0.05) is 19.1 Å². The second-order valence-corrected chi connectivity index (χ2v) is 8.43. The summed E-state index contributed by atoms with van der Waals surface area (Å²) in [5.74, 6) is 1.34. The number of nitrogens with zero attached hydrogens (tertiary/aromatic N) is 5. The summed E-state index contributed by atoms with van der Waals surface area (Å²) in [7, 11) is 0. The van der Waals surface area contributed by atoms with Gasteiger partial charge in [-0.15, -0.1) is 10.2 Å². The Labute approximate surface area is 174 Å². The van der Waals surface area contributed by atoms with Crippen molar-refractivity contribution in [1.29, 1.82) is 0 Å². The van der Waals surface area contributed by atoms with Gasteiger partial charge in [0.15, 0.2) is 5.82 Å². The van der Waals surface area contributed by atoms with Gasteiger partial charge in [-0.25, -0.2) is 4.39 Å². The highest BCUT2D eigenvalue weighted by Crippen LogP contribution is 2.35. The van der Waals surface area contributed by atoms with Gasteiger partial charge in [0.25, 0.3) is 0 Å². The van der Waals surface area contributed by atoms with Gasteiger partial charge in [0.1, 0.15) is 12.1 Å². The third-order valence-corrected chi connectivity index (χ3v) is 6.30. The molecule has 2 aromatic heterocycles. The Morgan fingerprint density at radius 3 is 2.70 bits per heavy atom. The van der Waals surface area contributed by atoms with Crippen LogP contribution < -0.4 is 4.90 Å². The molecule has 0 aliphatic carbocycles. The van der Waals surface area contributed by atoms with Crippen LogP contribution in [-0.2, 0) is 6.54 Å². The first-order valence-electron chi connectivity index (χ1n) is 10.4. The zero-order valence-corrected chi connectivity index (χ0v) is 16.8. The van der Waals surface area contributed by atoms with Crippen molar-refractivity contribution in [3.05, 3.63) is 72.4 Å². The van der Waals surface area contributed by atoms with E-state index in [0.29, 0.717) is 0 Å². The van der Waals surface area contributed by atoms with Crippen LogP contribution in [0.25, 0.3) is 28.3 Å². The van der Waals surface area contributed by atoms with Crippen molar-refractivity contribution >= 4 is 5.69 Å². The van der Waals surface area contributed by atoms with Crippen LogP contribution >= 0.6 is 0 Å². The molecule has 150 valence electrons. The fourth-order valence-electron chi connectivity index (χ4n) is 4.70. The maximum atomic E-state index is 13.4. The van der Waals surface area contributed by atoms with E-state index in [2.05, 4.69) is 61.6 Å². The van der Waals surface area contributed by atoms with Gasteiger partial charge in [0.2, 0.25) is 0 Å². The van der Waals surface area contributed by atoms with E-state index in [4.69, 9.17) is 0 Å². The maximum absolute atomic E-state index is 13.4. The quantitative estimate of drug-likeness (QED) is 0.430. The van der Waals surface area contributed by atoms with Crippen LogP contribution in [0.4, 0.5) is 10.1 Å². The second kappa shape index (κ2) is 6.55. The molecule has 4 aromatic rings. The smallest absolute Gasteiger partial charge is 0.185 e. The molecule has 0 spiro atoms. The van der Waals surface area contributed by atoms with Crippen LogP contribution in [0.1, 0.15) is 18.9 Å². The van der Waals surface area contributed by atoms with Crippen LogP contribution in [0.2, 0.25) is 0 Å². The Morgan fingerprint density at radius 2 is 1.90 bits per heavy atom. The molecule has 6 rings (SSSR count). The molecule has 0 unspecified atom stereocenters. The highest BCUT2D eigenvalue weighted by molar-refractivity contribution is 5.72. The minimum absolute atomic E-state index is 0.225. The van der Waals surface area contributed by atoms with E-state index >= 15 is 0 Å². The molecule has 1 fully saturated rings. The SMILES string of the molecule is C[C@@H]1CCN(c2ccc3c(c2)Cn2cc(-c4ccc(F)cc4)cc2-c2nncn2-3)C1. The first-order chi connectivity index (χ1) is 14.7. The molecule has 2 aromatic carbocycles. The largest absolute Gasteiger partial charge is 0.371 e. The third kappa shape index (κ3) is 2.75. The van der Waals surface area contributed by atoms with Crippen molar-refractivity contribution in [2.45, 2.75) is 19.9 Å². The summed E-state index contributed by atoms with van der Waals surface area (Å²) in [6.07, 6.45) is 5.16. The number of rotatable bonds is 2. The molecular formula is C24H22FN5. The van der Waals surface area contributed by atoms with Gasteiger partial charge in [-0.05, 0) is 59.9 Å². The lowest BCUT2D eigenvalue weighted by Crippen LogP contribution is -2.19. The van der Waals surface area contributed by atoms with Crippen LogP contribution in [0.15, 0.2) is 61.1 Å². The molecule has 5 nitrogen and oxygen atoms in total. The number of hydrogen-bond donors (Lipinski definition) is 0. The van der Waals surface area contributed by atoms with Crippen LogP contribution in [0, 0.1) is 11.7 Å². The van der Waals surface area contributed by atoms with Crippen LogP contribution in [0.3, 0.4) is 0 Å². The van der Waals surface area contributed by atoms with Crippen molar-refractivity contribution < 1.29 is 4.39 Å². The lowest BCUT2D eigenvalue weighted by molar-refractivity contribution is 0.628. The van der Waals surface area contributed by atoms with Gasteiger partial charge in [-0.3, -0.25) is 4.57 Å². The average Bonchev–Trinajstić information content (AvgIpc) is 3.47. The monoisotopic (exact) mass is 399 g/mol. The summed E-state index contributed by atoms with van der Waals surface area (Å²) >= 11 is 0. The van der Waals surface area contributed by atoms with Crippen LogP contribution in [0.5, 0.6) is 0 Å². The van der Waals surface area contributed by atoms with E-state index < -0.39 is 0 Å². The summed E-state index contributed by atoms with van der Waals surface area (Å²) in [5.41, 5.74) is 6.70. The van der Waals surface area contributed by atoms with Crippen molar-refractivity contribution in [1.82, 2.24) is 19.3 Å². The molecular weight excluding hydrogens is 377 g/mol. The lowest BCUT2D eigenvalue weighted by Gasteiger charge is -2.20. The summed E-state index contributed by atoms with van der Waals surface area (Å²) in [4.78, 5) is 2.48. The maximum Gasteiger partial charge on any atom is 0.185 e. The van der Waals surface area contributed by atoms with Gasteiger partial charge in [0.05, 0.1) is 11.4 Å². The Bertz CT molecular complexity index is 1240. The number of hydrogen-bond acceptors (Lipinski definition) is 3. The molecule has 0 N–H and O–H groups in total. The van der Waals surface area contributed by atoms with Gasteiger partial charge in [-0.2, -0.15) is 0 Å². The van der Waals surface area contributed by atoms with E-state index in [0.717, 1.165) is 53.9 Å². The normalized spacial score (nSPS) is 17.4. The summed E-state index contributed by atoms with van der Waals surface area (Å²) < 4.78 is 17.7. The number of benzene rings is 2. The van der Waals surface area contributed by atoms with Crippen molar-refractivity contribution in [2.75, 3.05) is 18.0 Å². The molecule has 2 aliphatic rings. The molecule has 0 bridgehead atoms. The topological polar surface area (TPSA) is 38.9 Å². The van der Waals surface area contributed by atoms with Crippen molar-refractivity contribution in [3.63, 3.8) is 0 Å². The van der Waals surface area contributed by atoms with Gasteiger partial charge < -0.3 is 9.47 Å². The van der Waals surface area contributed by atoms with Gasteiger partial charge >= 0.3 is 0 Å². The Kier molecular flexibility index (Phi) is 3.81. The van der Waals surface area contributed by atoms with E-state index in [9.17, 15) is 4.39 Å². The highest BCUT2D eigenvalue weighted by Gasteiger charge is 2.24. The predicted molar refractivity (Wildman–Crippen MR) is 115 cm³/mol. The van der Waals surface area contributed by atoms with Crippen LogP contribution in [-0.4, -0.2) is 32.4 Å². The Balaban J connectivity index is 1.46. The molecule has 1 saturated heterocycles. The average molecular weight is 399 g/mol. The van der Waals surface area contributed by atoms with Crippen molar-refractivity contribution in [3.8, 4) is 28.3 Å². The first kappa shape index (κ1) is 17.4. The molecule has 30 heavy (non-hydrogen) atoms. The predicted octanol–water partition coefficient (Wildman–Crippen LogP) is 4.75. The van der Waals surface area contributed by atoms with Gasteiger partial charge in [0, 0.05) is 37.1 Å². The zero-order chi connectivity index (χ0) is 20.2. The van der Waals surface area contributed by atoms with Crippen molar-refractivity contribution in [2.24, 2.45) is 5.92 Å². The first-order valence-corrected chi connectivity index (χ1v) is 10.4. The summed E-state index contributed by atoms with van der Waals surface area (Å²) in [6, 6.07) is 15.5. The summed E-state index contributed by atoms with van der Waals surface area (Å²) in [6.45, 7) is 5.30.